The van der Waals surface area contributed by atoms with Crippen LogP contribution in [0.1, 0.15) is 16.7 Å². The fraction of sp³-hybridized carbons (Fsp3) is 0.125. The number of aromatic hydroxyl groups is 1. The van der Waals surface area contributed by atoms with E-state index in [1.165, 1.54) is 6.08 Å². The minimum Gasteiger partial charge on any atom is -0.507 e. The predicted molar refractivity (Wildman–Crippen MR) is 90.6 cm³/mol. The van der Waals surface area contributed by atoms with Crippen LogP contribution < -0.4 is 4.72 Å². The van der Waals surface area contributed by atoms with Crippen molar-refractivity contribution < 1.29 is 13.5 Å². The number of rotatable bonds is 4. The lowest BCUT2D eigenvalue weighted by Crippen LogP contribution is -2.10. The Kier molecular flexibility index (Phi) is 4.78. The van der Waals surface area contributed by atoms with Crippen molar-refractivity contribution in [1.82, 2.24) is 0 Å². The number of halogens is 1. The standard InChI is InChI=1S/C16H16ClNO3S/c1-11-3-8-15(12(2)16(11)19)18-22(20,21)10-9-13-4-6-14(17)7-5-13/h3-10,18-19H,1-2H3. The van der Waals surface area contributed by atoms with Crippen molar-refractivity contribution in [2.24, 2.45) is 0 Å². The number of phenols is 1. The van der Waals surface area contributed by atoms with Crippen LogP contribution in [0.2, 0.25) is 5.02 Å². The highest BCUT2D eigenvalue weighted by Gasteiger charge is 2.11. The number of phenolic OH excluding ortho intramolecular Hbond substituents is 1. The third-order valence-corrected chi connectivity index (χ3v) is 4.45. The fourth-order valence-corrected chi connectivity index (χ4v) is 2.93. The molecule has 0 aliphatic carbocycles. The largest absolute Gasteiger partial charge is 0.507 e. The Morgan fingerprint density at radius 3 is 2.36 bits per heavy atom. The third-order valence-electron chi connectivity index (χ3n) is 3.19. The first-order chi connectivity index (χ1) is 10.3. The molecule has 0 aliphatic heterocycles. The van der Waals surface area contributed by atoms with E-state index in [-0.39, 0.29) is 5.75 Å². The van der Waals surface area contributed by atoms with Gasteiger partial charge in [-0.25, -0.2) is 8.42 Å². The highest BCUT2D eigenvalue weighted by atomic mass is 35.5. The first kappa shape index (κ1) is 16.4. The molecule has 2 rings (SSSR count). The number of hydrogen-bond acceptors (Lipinski definition) is 3. The van der Waals surface area contributed by atoms with Crippen LogP contribution >= 0.6 is 11.6 Å². The van der Waals surface area contributed by atoms with E-state index in [0.717, 1.165) is 11.0 Å². The minimum atomic E-state index is -3.67. The van der Waals surface area contributed by atoms with Crippen LogP contribution in [0, 0.1) is 13.8 Å². The van der Waals surface area contributed by atoms with Crippen LogP contribution in [0.4, 0.5) is 5.69 Å². The Bertz CT molecular complexity index is 812. The highest BCUT2D eigenvalue weighted by molar-refractivity contribution is 7.95. The highest BCUT2D eigenvalue weighted by Crippen LogP contribution is 2.28. The number of aryl methyl sites for hydroxylation is 1. The molecule has 0 radical (unpaired) electrons. The zero-order valence-electron chi connectivity index (χ0n) is 12.2. The Morgan fingerprint density at radius 2 is 1.73 bits per heavy atom. The van der Waals surface area contributed by atoms with Crippen molar-refractivity contribution in [3.05, 3.63) is 63.5 Å². The van der Waals surface area contributed by atoms with Crippen LogP contribution in [-0.4, -0.2) is 13.5 Å². The first-order valence-electron chi connectivity index (χ1n) is 6.54. The molecule has 0 saturated heterocycles. The molecule has 2 aromatic carbocycles. The van der Waals surface area contributed by atoms with Crippen molar-refractivity contribution in [3.63, 3.8) is 0 Å². The Morgan fingerprint density at radius 1 is 1.09 bits per heavy atom. The van der Waals surface area contributed by atoms with E-state index < -0.39 is 10.0 Å². The molecule has 4 nitrogen and oxygen atoms in total. The lowest BCUT2D eigenvalue weighted by atomic mass is 10.1. The summed E-state index contributed by atoms with van der Waals surface area (Å²) in [5, 5.41) is 11.5. The van der Waals surface area contributed by atoms with Crippen LogP contribution in [0.25, 0.3) is 6.08 Å². The van der Waals surface area contributed by atoms with Crippen molar-refractivity contribution in [3.8, 4) is 5.75 Å². The van der Waals surface area contributed by atoms with E-state index in [4.69, 9.17) is 11.6 Å². The van der Waals surface area contributed by atoms with E-state index in [1.54, 1.807) is 50.2 Å². The maximum absolute atomic E-state index is 12.1. The molecule has 0 spiro atoms. The van der Waals surface area contributed by atoms with E-state index in [9.17, 15) is 13.5 Å². The SMILES string of the molecule is Cc1ccc(NS(=O)(=O)C=Cc2ccc(Cl)cc2)c(C)c1O. The lowest BCUT2D eigenvalue weighted by molar-refractivity contribution is 0.467. The second kappa shape index (κ2) is 6.42. The molecular weight excluding hydrogens is 322 g/mol. The summed E-state index contributed by atoms with van der Waals surface area (Å²) in [5.74, 6) is 0.0851. The zero-order valence-corrected chi connectivity index (χ0v) is 13.7. The zero-order chi connectivity index (χ0) is 16.3. The van der Waals surface area contributed by atoms with Crippen molar-refractivity contribution >= 4 is 33.4 Å². The van der Waals surface area contributed by atoms with Gasteiger partial charge < -0.3 is 5.11 Å². The number of sulfonamides is 1. The van der Waals surface area contributed by atoms with Gasteiger partial charge in [-0.15, -0.1) is 0 Å². The van der Waals surface area contributed by atoms with Crippen molar-refractivity contribution in [2.45, 2.75) is 13.8 Å². The van der Waals surface area contributed by atoms with Crippen molar-refractivity contribution in [2.75, 3.05) is 4.72 Å². The van der Waals surface area contributed by atoms with Gasteiger partial charge in [-0.3, -0.25) is 4.72 Å². The summed E-state index contributed by atoms with van der Waals surface area (Å²) < 4.78 is 26.6. The molecule has 2 aromatic rings. The van der Waals surface area contributed by atoms with Gasteiger partial charge in [0, 0.05) is 10.6 Å². The smallest absolute Gasteiger partial charge is 0.255 e. The second-order valence-corrected chi connectivity index (χ2v) is 6.91. The van der Waals surface area contributed by atoms with E-state index in [0.29, 0.717) is 21.8 Å². The molecule has 116 valence electrons. The molecule has 0 aliphatic rings. The second-order valence-electron chi connectivity index (χ2n) is 4.90. The molecule has 0 atom stereocenters. The quantitative estimate of drug-likeness (QED) is 0.883. The number of benzene rings is 2. The van der Waals surface area contributed by atoms with Crippen LogP contribution in [-0.2, 0) is 10.0 Å². The molecule has 0 heterocycles. The number of hydrogen-bond donors (Lipinski definition) is 2. The van der Waals surface area contributed by atoms with Gasteiger partial charge in [0.25, 0.3) is 10.0 Å². The Labute approximate surface area is 135 Å². The van der Waals surface area contributed by atoms with Crippen LogP contribution in [0.5, 0.6) is 5.75 Å². The average Bonchev–Trinajstić information content (AvgIpc) is 2.47. The molecular formula is C16H16ClNO3S. The van der Waals surface area contributed by atoms with Gasteiger partial charge >= 0.3 is 0 Å². The molecule has 22 heavy (non-hydrogen) atoms. The fourth-order valence-electron chi connectivity index (χ4n) is 1.88. The van der Waals surface area contributed by atoms with Crippen LogP contribution in [0.15, 0.2) is 41.8 Å². The van der Waals surface area contributed by atoms with Gasteiger partial charge in [-0.1, -0.05) is 29.8 Å². The minimum absolute atomic E-state index is 0.0851. The lowest BCUT2D eigenvalue weighted by Gasteiger charge is -2.11. The molecule has 2 N–H and O–H groups in total. The summed E-state index contributed by atoms with van der Waals surface area (Å²) >= 11 is 5.78. The molecule has 0 fully saturated rings. The number of anilines is 1. The van der Waals surface area contributed by atoms with Gasteiger partial charge in [-0.2, -0.15) is 0 Å². The van der Waals surface area contributed by atoms with Gasteiger partial charge in [0.15, 0.2) is 0 Å². The molecule has 0 saturated carbocycles. The van der Waals surface area contributed by atoms with Gasteiger partial charge in [0.1, 0.15) is 5.75 Å². The summed E-state index contributed by atoms with van der Waals surface area (Å²) in [6.45, 7) is 3.41. The van der Waals surface area contributed by atoms with Gasteiger partial charge in [0.05, 0.1) is 11.1 Å². The molecule has 0 bridgehead atoms. The first-order valence-corrected chi connectivity index (χ1v) is 8.46. The topological polar surface area (TPSA) is 66.4 Å². The summed E-state index contributed by atoms with van der Waals surface area (Å²) in [5.41, 5.74) is 2.25. The van der Waals surface area contributed by atoms with E-state index in [2.05, 4.69) is 4.72 Å². The summed E-state index contributed by atoms with van der Waals surface area (Å²) in [6.07, 6.45) is 1.47. The van der Waals surface area contributed by atoms with Crippen molar-refractivity contribution in [1.29, 1.82) is 0 Å². The maximum atomic E-state index is 12.1. The Balaban J connectivity index is 2.21. The predicted octanol–water partition coefficient (Wildman–Crippen LogP) is 4.08. The maximum Gasteiger partial charge on any atom is 0.255 e. The van der Waals surface area contributed by atoms with E-state index in [1.807, 2.05) is 0 Å². The van der Waals surface area contributed by atoms with Gasteiger partial charge in [0.2, 0.25) is 0 Å². The normalized spacial score (nSPS) is 11.8. The monoisotopic (exact) mass is 337 g/mol. The summed E-state index contributed by atoms with van der Waals surface area (Å²) in [6, 6.07) is 10.1. The molecule has 6 heteroatoms. The summed E-state index contributed by atoms with van der Waals surface area (Å²) in [4.78, 5) is 0. The van der Waals surface area contributed by atoms with E-state index >= 15 is 0 Å². The Hall–Kier alpha value is -1.98. The third kappa shape index (κ3) is 4.02. The number of nitrogens with one attached hydrogen (secondary N) is 1. The molecule has 0 amide bonds. The average molecular weight is 338 g/mol. The molecule has 0 aromatic heterocycles. The van der Waals surface area contributed by atoms with Crippen LogP contribution in [0.3, 0.4) is 0 Å². The van der Waals surface area contributed by atoms with Gasteiger partial charge in [-0.05, 0) is 49.2 Å². The molecule has 0 unspecified atom stereocenters. The summed E-state index contributed by atoms with van der Waals surface area (Å²) in [7, 11) is -3.67.